The Bertz CT molecular complexity index is 450. The Morgan fingerprint density at radius 1 is 1.06 bits per heavy atom. The summed E-state index contributed by atoms with van der Waals surface area (Å²) in [7, 11) is 0. The Morgan fingerprint density at radius 2 is 1.61 bits per heavy atom. The highest BCUT2D eigenvalue weighted by Crippen LogP contribution is 2.41. The Hall–Kier alpha value is -2.04. The van der Waals surface area contributed by atoms with Gasteiger partial charge in [-0.2, -0.15) is 0 Å². The molecule has 0 aliphatic carbocycles. The molecule has 18 heavy (non-hydrogen) atoms. The van der Waals surface area contributed by atoms with Gasteiger partial charge < -0.3 is 8.83 Å². The summed E-state index contributed by atoms with van der Waals surface area (Å²) in [5, 5.41) is 4.74. The maximum Gasteiger partial charge on any atom is 0.128 e. The van der Waals surface area contributed by atoms with Crippen molar-refractivity contribution in [2.75, 3.05) is 0 Å². The third-order valence-corrected chi connectivity index (χ3v) is 3.43. The molecule has 3 heterocycles. The minimum Gasteiger partial charge on any atom is -0.467 e. The standard InChI is InChI=1S/C13H14N2O3/c16-14-15-10(12-6-2-8-17-12)4-1-5-11(15)13-7-3-9-18-13/h2-3,6-11H,1,4-5H2. The Labute approximate surface area is 104 Å². The first kappa shape index (κ1) is 11.1. The molecule has 2 aromatic heterocycles. The molecule has 1 fully saturated rings. The number of rotatable bonds is 3. The second-order valence-electron chi connectivity index (χ2n) is 4.45. The largest absolute Gasteiger partial charge is 0.467 e. The molecule has 2 atom stereocenters. The minimum atomic E-state index is -0.0960. The lowest BCUT2D eigenvalue weighted by Crippen LogP contribution is -2.31. The average Bonchev–Trinajstić information content (AvgIpc) is 3.10. The number of nitrogens with zero attached hydrogens (tertiary/aromatic N) is 2. The van der Waals surface area contributed by atoms with Crippen LogP contribution in [0.25, 0.3) is 0 Å². The highest BCUT2D eigenvalue weighted by molar-refractivity contribution is 5.11. The van der Waals surface area contributed by atoms with Gasteiger partial charge in [0.25, 0.3) is 0 Å². The first-order valence-electron chi connectivity index (χ1n) is 6.08. The van der Waals surface area contributed by atoms with E-state index in [1.807, 2.05) is 24.3 Å². The molecule has 94 valence electrons. The fourth-order valence-corrected chi connectivity index (χ4v) is 2.61. The van der Waals surface area contributed by atoms with E-state index >= 15 is 0 Å². The number of hydrogen-bond donors (Lipinski definition) is 0. The molecule has 0 amide bonds. The summed E-state index contributed by atoms with van der Waals surface area (Å²) in [6, 6.07) is 7.23. The number of piperidine rings is 1. The molecule has 0 radical (unpaired) electrons. The molecule has 5 nitrogen and oxygen atoms in total. The van der Waals surface area contributed by atoms with E-state index in [1.165, 1.54) is 0 Å². The van der Waals surface area contributed by atoms with Crippen LogP contribution >= 0.6 is 0 Å². The van der Waals surface area contributed by atoms with E-state index in [-0.39, 0.29) is 12.1 Å². The highest BCUT2D eigenvalue weighted by atomic mass is 16.3. The maximum absolute atomic E-state index is 11.2. The zero-order valence-corrected chi connectivity index (χ0v) is 9.86. The topological polar surface area (TPSA) is 59.0 Å². The van der Waals surface area contributed by atoms with Gasteiger partial charge in [0.1, 0.15) is 23.6 Å². The predicted octanol–water partition coefficient (Wildman–Crippen LogP) is 3.82. The third kappa shape index (κ3) is 1.81. The summed E-state index contributed by atoms with van der Waals surface area (Å²) < 4.78 is 10.8. The lowest BCUT2D eigenvalue weighted by molar-refractivity contribution is 0.0578. The minimum absolute atomic E-state index is 0.0960. The average molecular weight is 246 g/mol. The van der Waals surface area contributed by atoms with Gasteiger partial charge in [0.2, 0.25) is 0 Å². The van der Waals surface area contributed by atoms with Gasteiger partial charge in [-0.15, -0.1) is 4.91 Å². The smallest absolute Gasteiger partial charge is 0.128 e. The van der Waals surface area contributed by atoms with Crippen molar-refractivity contribution in [2.24, 2.45) is 5.29 Å². The van der Waals surface area contributed by atoms with Gasteiger partial charge in [-0.25, -0.2) is 5.01 Å². The van der Waals surface area contributed by atoms with Crippen LogP contribution in [0.15, 0.2) is 50.9 Å². The molecule has 2 aromatic rings. The van der Waals surface area contributed by atoms with Crippen LogP contribution in [-0.2, 0) is 0 Å². The lowest BCUT2D eigenvalue weighted by Gasteiger charge is -2.35. The Balaban J connectivity index is 1.90. The lowest BCUT2D eigenvalue weighted by atomic mass is 9.94. The molecule has 0 saturated carbocycles. The Morgan fingerprint density at radius 3 is 2.00 bits per heavy atom. The molecule has 0 bridgehead atoms. The number of hydrogen-bond acceptors (Lipinski definition) is 4. The summed E-state index contributed by atoms with van der Waals surface area (Å²) >= 11 is 0. The van der Waals surface area contributed by atoms with E-state index in [2.05, 4.69) is 5.29 Å². The molecule has 1 aliphatic heterocycles. The molecular formula is C13H14N2O3. The summed E-state index contributed by atoms with van der Waals surface area (Å²) in [5.74, 6) is 1.57. The van der Waals surface area contributed by atoms with Crippen molar-refractivity contribution in [1.82, 2.24) is 5.01 Å². The van der Waals surface area contributed by atoms with Gasteiger partial charge in [0, 0.05) is 0 Å². The second kappa shape index (κ2) is 4.68. The van der Waals surface area contributed by atoms with Crippen LogP contribution in [0.3, 0.4) is 0 Å². The van der Waals surface area contributed by atoms with E-state index in [4.69, 9.17) is 8.83 Å². The zero-order valence-electron chi connectivity index (χ0n) is 9.86. The highest BCUT2D eigenvalue weighted by Gasteiger charge is 2.35. The van der Waals surface area contributed by atoms with Gasteiger partial charge >= 0.3 is 0 Å². The maximum atomic E-state index is 11.2. The molecule has 3 rings (SSSR count). The summed E-state index contributed by atoms with van der Waals surface area (Å²) in [4.78, 5) is 11.2. The van der Waals surface area contributed by atoms with Crippen molar-refractivity contribution < 1.29 is 8.83 Å². The van der Waals surface area contributed by atoms with Gasteiger partial charge in [-0.05, 0) is 43.5 Å². The van der Waals surface area contributed by atoms with E-state index in [0.29, 0.717) is 0 Å². The van der Waals surface area contributed by atoms with Crippen molar-refractivity contribution >= 4 is 0 Å². The monoisotopic (exact) mass is 246 g/mol. The summed E-state index contributed by atoms with van der Waals surface area (Å²) in [6.07, 6.45) is 6.00. The molecular weight excluding hydrogens is 232 g/mol. The first-order valence-corrected chi connectivity index (χ1v) is 6.08. The molecule has 0 spiro atoms. The van der Waals surface area contributed by atoms with Crippen molar-refractivity contribution in [1.29, 1.82) is 0 Å². The fraction of sp³-hybridized carbons (Fsp3) is 0.385. The van der Waals surface area contributed by atoms with Crippen molar-refractivity contribution in [3.05, 3.63) is 53.2 Å². The molecule has 5 heteroatoms. The van der Waals surface area contributed by atoms with Gasteiger partial charge in [-0.3, -0.25) is 0 Å². The summed E-state index contributed by atoms with van der Waals surface area (Å²) in [5.41, 5.74) is 0. The molecule has 1 aliphatic rings. The van der Waals surface area contributed by atoms with Crippen LogP contribution in [-0.4, -0.2) is 5.01 Å². The third-order valence-electron chi connectivity index (χ3n) is 3.43. The summed E-state index contributed by atoms with van der Waals surface area (Å²) in [6.45, 7) is 0. The van der Waals surface area contributed by atoms with Crippen LogP contribution in [0.5, 0.6) is 0 Å². The van der Waals surface area contributed by atoms with E-state index < -0.39 is 0 Å². The van der Waals surface area contributed by atoms with Crippen LogP contribution < -0.4 is 0 Å². The molecule has 0 aromatic carbocycles. The van der Waals surface area contributed by atoms with Crippen LogP contribution in [0.4, 0.5) is 0 Å². The SMILES string of the molecule is O=NN1C(c2ccco2)CCCC1c1ccco1. The molecule has 0 N–H and O–H groups in total. The molecule has 1 saturated heterocycles. The van der Waals surface area contributed by atoms with Crippen molar-refractivity contribution in [2.45, 2.75) is 31.3 Å². The predicted molar refractivity (Wildman–Crippen MR) is 64.4 cm³/mol. The van der Waals surface area contributed by atoms with Crippen LogP contribution in [0.2, 0.25) is 0 Å². The van der Waals surface area contributed by atoms with Gasteiger partial charge in [0.15, 0.2) is 0 Å². The second-order valence-corrected chi connectivity index (χ2v) is 4.45. The zero-order chi connectivity index (χ0) is 12.4. The van der Waals surface area contributed by atoms with Crippen LogP contribution in [0, 0.1) is 4.91 Å². The van der Waals surface area contributed by atoms with Gasteiger partial charge in [-0.1, -0.05) is 0 Å². The normalized spacial score (nSPS) is 24.1. The van der Waals surface area contributed by atoms with Crippen molar-refractivity contribution in [3.8, 4) is 0 Å². The van der Waals surface area contributed by atoms with Crippen LogP contribution in [0.1, 0.15) is 42.9 Å². The Kier molecular flexibility index (Phi) is 2.88. The quantitative estimate of drug-likeness (QED) is 0.772. The van der Waals surface area contributed by atoms with Crippen molar-refractivity contribution in [3.63, 3.8) is 0 Å². The fourth-order valence-electron chi connectivity index (χ4n) is 2.61. The van der Waals surface area contributed by atoms with E-state index in [1.54, 1.807) is 17.5 Å². The van der Waals surface area contributed by atoms with E-state index in [9.17, 15) is 4.91 Å². The van der Waals surface area contributed by atoms with Gasteiger partial charge in [0.05, 0.1) is 17.8 Å². The molecule has 2 unspecified atom stereocenters. The first-order chi connectivity index (χ1) is 8.90. The number of nitroso groups, excluding NO2 is 1. The number of furan rings is 2. The van der Waals surface area contributed by atoms with E-state index in [0.717, 1.165) is 30.8 Å².